The summed E-state index contributed by atoms with van der Waals surface area (Å²) in [6.45, 7) is 0. The molecule has 1 aromatic rings. The Hall–Kier alpha value is -2.18. The van der Waals surface area contributed by atoms with Crippen LogP contribution in [0.4, 0.5) is 11.5 Å². The van der Waals surface area contributed by atoms with Crippen LogP contribution in [-0.2, 0) is 0 Å². The molecule has 1 aromatic heterocycles. The van der Waals surface area contributed by atoms with Crippen LogP contribution in [0.15, 0.2) is 12.3 Å². The van der Waals surface area contributed by atoms with Crippen LogP contribution in [0.1, 0.15) is 10.4 Å². The van der Waals surface area contributed by atoms with Crippen LogP contribution >= 0.6 is 0 Å². The third-order valence-electron chi connectivity index (χ3n) is 1.38. The first-order chi connectivity index (χ1) is 6.02. The number of hydrogen-bond donors (Lipinski definition) is 2. The van der Waals surface area contributed by atoms with Gasteiger partial charge in [-0.15, -0.1) is 0 Å². The molecule has 0 aliphatic rings. The molecule has 0 saturated carbocycles. The Bertz CT molecular complexity index is 376. The van der Waals surface area contributed by atoms with E-state index in [1.807, 2.05) is 0 Å². The number of amides is 1. The monoisotopic (exact) mass is 182 g/mol. The van der Waals surface area contributed by atoms with Crippen LogP contribution in [0.3, 0.4) is 0 Å². The van der Waals surface area contributed by atoms with Gasteiger partial charge in [0.05, 0.1) is 10.5 Å². The van der Waals surface area contributed by atoms with Crippen LogP contribution in [0.2, 0.25) is 0 Å². The highest BCUT2D eigenvalue weighted by Crippen LogP contribution is 2.18. The van der Waals surface area contributed by atoms with Crippen molar-refractivity contribution in [1.29, 1.82) is 0 Å². The molecule has 7 heteroatoms. The number of hydrogen-bond acceptors (Lipinski definition) is 5. The molecule has 13 heavy (non-hydrogen) atoms. The van der Waals surface area contributed by atoms with Crippen molar-refractivity contribution in [3.63, 3.8) is 0 Å². The lowest BCUT2D eigenvalue weighted by atomic mass is 10.2. The van der Waals surface area contributed by atoms with Crippen molar-refractivity contribution >= 4 is 17.4 Å². The third kappa shape index (κ3) is 1.70. The average Bonchev–Trinajstić information content (AvgIpc) is 2.04. The molecule has 0 spiro atoms. The molecular formula is C6H6N4O3. The minimum Gasteiger partial charge on any atom is -0.378 e. The van der Waals surface area contributed by atoms with Crippen molar-refractivity contribution < 1.29 is 9.72 Å². The maximum absolute atomic E-state index is 10.6. The van der Waals surface area contributed by atoms with Crippen LogP contribution in [-0.4, -0.2) is 15.8 Å². The number of aromatic nitrogens is 1. The van der Waals surface area contributed by atoms with Crippen LogP contribution in [0.25, 0.3) is 0 Å². The Kier molecular flexibility index (Phi) is 2.09. The molecule has 1 amide bonds. The Balaban J connectivity index is 3.27. The number of pyridine rings is 1. The molecule has 1 heterocycles. The van der Waals surface area contributed by atoms with Crippen molar-refractivity contribution in [2.45, 2.75) is 0 Å². The first-order valence-corrected chi connectivity index (χ1v) is 3.22. The van der Waals surface area contributed by atoms with E-state index in [0.717, 1.165) is 12.3 Å². The number of primary amides is 1. The summed E-state index contributed by atoms with van der Waals surface area (Å²) in [4.78, 5) is 23.7. The number of carbonyl (C=O) groups excluding carboxylic acids is 1. The average molecular weight is 182 g/mol. The molecule has 0 aromatic carbocycles. The highest BCUT2D eigenvalue weighted by molar-refractivity contribution is 5.93. The molecule has 7 nitrogen and oxygen atoms in total. The summed E-state index contributed by atoms with van der Waals surface area (Å²) in [5.74, 6) is -1.02. The van der Waals surface area contributed by atoms with Gasteiger partial charge in [0, 0.05) is 12.3 Å². The normalized spacial score (nSPS) is 9.54. The van der Waals surface area contributed by atoms with Crippen molar-refractivity contribution in [2.75, 3.05) is 5.73 Å². The minimum atomic E-state index is -0.782. The lowest BCUT2D eigenvalue weighted by Crippen LogP contribution is -2.12. The number of nitrogens with two attached hydrogens (primary N) is 2. The molecule has 0 aliphatic heterocycles. The van der Waals surface area contributed by atoms with Gasteiger partial charge in [0.1, 0.15) is 0 Å². The van der Waals surface area contributed by atoms with E-state index < -0.39 is 16.5 Å². The zero-order chi connectivity index (χ0) is 10.0. The van der Waals surface area contributed by atoms with Gasteiger partial charge >= 0.3 is 5.69 Å². The molecule has 0 aliphatic carbocycles. The SMILES string of the molecule is NC(=O)c1cnc(N)c([N+](=O)[O-])c1. The summed E-state index contributed by atoms with van der Waals surface area (Å²) in [5.41, 5.74) is 9.62. The molecule has 0 fully saturated rings. The number of carbonyl (C=O) groups is 1. The zero-order valence-electron chi connectivity index (χ0n) is 6.43. The van der Waals surface area contributed by atoms with E-state index in [2.05, 4.69) is 4.98 Å². The van der Waals surface area contributed by atoms with Gasteiger partial charge in [-0.3, -0.25) is 14.9 Å². The molecule has 0 atom stereocenters. The van der Waals surface area contributed by atoms with Crippen molar-refractivity contribution in [2.24, 2.45) is 5.73 Å². The third-order valence-corrected chi connectivity index (χ3v) is 1.38. The fourth-order valence-corrected chi connectivity index (χ4v) is 0.745. The lowest BCUT2D eigenvalue weighted by molar-refractivity contribution is -0.384. The predicted molar refractivity (Wildman–Crippen MR) is 43.8 cm³/mol. The van der Waals surface area contributed by atoms with Gasteiger partial charge in [0.25, 0.3) is 5.91 Å². The van der Waals surface area contributed by atoms with E-state index in [4.69, 9.17) is 11.5 Å². The maximum Gasteiger partial charge on any atom is 0.311 e. The second-order valence-corrected chi connectivity index (χ2v) is 2.25. The standard InChI is InChI=1S/C6H6N4O3/c7-5-4(10(12)13)1-3(2-9-5)6(8)11/h1-2H,(H2,7,9)(H2,8,11). The molecule has 0 radical (unpaired) electrons. The highest BCUT2D eigenvalue weighted by Gasteiger charge is 2.15. The molecule has 0 saturated heterocycles. The quantitative estimate of drug-likeness (QED) is 0.478. The number of nitrogen functional groups attached to an aromatic ring is 1. The van der Waals surface area contributed by atoms with E-state index in [1.165, 1.54) is 0 Å². The van der Waals surface area contributed by atoms with Gasteiger partial charge in [-0.1, -0.05) is 0 Å². The molecule has 4 N–H and O–H groups in total. The fraction of sp³-hybridized carbons (Fsp3) is 0. The summed E-state index contributed by atoms with van der Waals surface area (Å²) in [6.07, 6.45) is 1.09. The summed E-state index contributed by atoms with van der Waals surface area (Å²) in [5, 5.41) is 10.3. The van der Waals surface area contributed by atoms with Gasteiger partial charge in [-0.25, -0.2) is 4.98 Å². The Morgan fingerprint density at radius 1 is 1.62 bits per heavy atom. The Morgan fingerprint density at radius 3 is 2.69 bits per heavy atom. The zero-order valence-corrected chi connectivity index (χ0v) is 6.43. The van der Waals surface area contributed by atoms with Gasteiger partial charge in [-0.05, 0) is 0 Å². The van der Waals surface area contributed by atoms with E-state index >= 15 is 0 Å². The minimum absolute atomic E-state index is 0.0408. The predicted octanol–water partition coefficient (Wildman–Crippen LogP) is -0.329. The van der Waals surface area contributed by atoms with Crippen molar-refractivity contribution in [3.05, 3.63) is 27.9 Å². The second kappa shape index (κ2) is 3.05. The topological polar surface area (TPSA) is 125 Å². The lowest BCUT2D eigenvalue weighted by Gasteiger charge is -1.97. The van der Waals surface area contributed by atoms with Gasteiger partial charge in [0.2, 0.25) is 5.82 Å². The van der Waals surface area contributed by atoms with Crippen LogP contribution in [0, 0.1) is 10.1 Å². The molecule has 1 rings (SSSR count). The Morgan fingerprint density at radius 2 is 2.23 bits per heavy atom. The van der Waals surface area contributed by atoms with Crippen molar-refractivity contribution in [1.82, 2.24) is 4.98 Å². The maximum atomic E-state index is 10.6. The van der Waals surface area contributed by atoms with Gasteiger partial charge in [0.15, 0.2) is 0 Å². The summed E-state index contributed by atoms with van der Waals surface area (Å²) in [6, 6.07) is 0.991. The van der Waals surface area contributed by atoms with E-state index in [-0.39, 0.29) is 11.4 Å². The summed E-state index contributed by atoms with van der Waals surface area (Å²) in [7, 11) is 0. The Labute approximate surface area is 72.5 Å². The summed E-state index contributed by atoms with van der Waals surface area (Å²) < 4.78 is 0. The van der Waals surface area contributed by atoms with Crippen molar-refractivity contribution in [3.8, 4) is 0 Å². The van der Waals surface area contributed by atoms with Gasteiger partial charge < -0.3 is 11.5 Å². The molecular weight excluding hydrogens is 176 g/mol. The van der Waals surface area contributed by atoms with Gasteiger partial charge in [-0.2, -0.15) is 0 Å². The van der Waals surface area contributed by atoms with Crippen LogP contribution < -0.4 is 11.5 Å². The highest BCUT2D eigenvalue weighted by atomic mass is 16.6. The van der Waals surface area contributed by atoms with Crippen LogP contribution in [0.5, 0.6) is 0 Å². The van der Waals surface area contributed by atoms with E-state index in [9.17, 15) is 14.9 Å². The smallest absolute Gasteiger partial charge is 0.311 e. The molecule has 68 valence electrons. The fourth-order valence-electron chi connectivity index (χ4n) is 0.745. The number of nitro groups is 1. The van der Waals surface area contributed by atoms with E-state index in [0.29, 0.717) is 0 Å². The number of nitrogens with zero attached hydrogens (tertiary/aromatic N) is 2. The van der Waals surface area contributed by atoms with E-state index in [1.54, 1.807) is 0 Å². The molecule has 0 unspecified atom stereocenters. The first kappa shape index (κ1) is 8.91. The first-order valence-electron chi connectivity index (χ1n) is 3.22. The largest absolute Gasteiger partial charge is 0.378 e. The molecule has 0 bridgehead atoms. The second-order valence-electron chi connectivity index (χ2n) is 2.25. The number of anilines is 1. The number of rotatable bonds is 2. The summed E-state index contributed by atoms with van der Waals surface area (Å²) >= 11 is 0.